The van der Waals surface area contributed by atoms with Gasteiger partial charge in [0.25, 0.3) is 0 Å². The molecule has 0 aromatic carbocycles. The Morgan fingerprint density at radius 1 is 1.31 bits per heavy atom. The van der Waals surface area contributed by atoms with Gasteiger partial charge in [-0.25, -0.2) is 0 Å². The van der Waals surface area contributed by atoms with E-state index in [0.717, 1.165) is 5.25 Å². The van der Waals surface area contributed by atoms with Gasteiger partial charge in [0.2, 0.25) is 0 Å². The predicted molar refractivity (Wildman–Crippen MR) is 73.2 cm³/mol. The van der Waals surface area contributed by atoms with Gasteiger partial charge in [0, 0.05) is 24.1 Å². The Bertz CT molecular complexity index is 212. The molecule has 2 saturated heterocycles. The molecule has 2 rings (SSSR count). The van der Waals surface area contributed by atoms with Gasteiger partial charge < -0.3 is 10.2 Å². The van der Waals surface area contributed by atoms with E-state index in [1.165, 1.54) is 57.7 Å². The molecule has 2 heterocycles. The van der Waals surface area contributed by atoms with E-state index in [4.69, 9.17) is 0 Å². The number of nitrogens with zero attached hydrogens (tertiary/aromatic N) is 1. The normalized spacial score (nSPS) is 27.4. The molecule has 0 aromatic heterocycles. The molecule has 0 atom stereocenters. The minimum Gasteiger partial charge on any atom is -0.317 e. The number of thioether (sulfide) groups is 1. The number of hydrogen-bond donors (Lipinski definition) is 1. The second kappa shape index (κ2) is 5.74. The Balaban J connectivity index is 1.58. The SMILES string of the molecule is CC1(C)CCN(CCSC2CCNCC2)C1. The second-order valence-corrected chi connectivity index (χ2v) is 7.42. The first-order chi connectivity index (χ1) is 7.66. The van der Waals surface area contributed by atoms with Crippen LogP contribution in [0, 0.1) is 5.41 Å². The molecule has 0 saturated carbocycles. The fourth-order valence-corrected chi connectivity index (χ4v) is 3.99. The summed E-state index contributed by atoms with van der Waals surface area (Å²) in [5.74, 6) is 1.33. The van der Waals surface area contributed by atoms with Crippen LogP contribution in [0.1, 0.15) is 33.1 Å². The molecule has 0 radical (unpaired) electrons. The van der Waals surface area contributed by atoms with Gasteiger partial charge in [-0.2, -0.15) is 11.8 Å². The van der Waals surface area contributed by atoms with Crippen LogP contribution in [0.25, 0.3) is 0 Å². The maximum Gasteiger partial charge on any atom is 0.00727 e. The predicted octanol–water partition coefficient (Wildman–Crippen LogP) is 2.20. The molecule has 94 valence electrons. The van der Waals surface area contributed by atoms with Crippen molar-refractivity contribution in [2.45, 2.75) is 38.4 Å². The largest absolute Gasteiger partial charge is 0.317 e. The van der Waals surface area contributed by atoms with E-state index in [9.17, 15) is 0 Å². The molecule has 3 heteroatoms. The molecular formula is C13H26N2S. The molecule has 0 unspecified atom stereocenters. The lowest BCUT2D eigenvalue weighted by atomic mass is 9.93. The van der Waals surface area contributed by atoms with Crippen molar-refractivity contribution in [1.82, 2.24) is 10.2 Å². The highest BCUT2D eigenvalue weighted by molar-refractivity contribution is 7.99. The summed E-state index contributed by atoms with van der Waals surface area (Å²) in [7, 11) is 0. The number of hydrogen-bond acceptors (Lipinski definition) is 3. The van der Waals surface area contributed by atoms with Crippen molar-refractivity contribution in [1.29, 1.82) is 0 Å². The van der Waals surface area contributed by atoms with Crippen LogP contribution >= 0.6 is 11.8 Å². The zero-order valence-electron chi connectivity index (χ0n) is 10.8. The van der Waals surface area contributed by atoms with E-state index in [1.807, 2.05) is 0 Å². The van der Waals surface area contributed by atoms with Crippen molar-refractivity contribution in [3.05, 3.63) is 0 Å². The van der Waals surface area contributed by atoms with Gasteiger partial charge in [-0.1, -0.05) is 13.8 Å². The quantitative estimate of drug-likeness (QED) is 0.814. The smallest absolute Gasteiger partial charge is 0.00727 e. The number of piperidine rings is 1. The molecular weight excluding hydrogens is 216 g/mol. The van der Waals surface area contributed by atoms with Crippen LogP contribution in [0.5, 0.6) is 0 Å². The van der Waals surface area contributed by atoms with Crippen LogP contribution in [-0.4, -0.2) is 48.6 Å². The first-order valence-corrected chi connectivity index (χ1v) is 7.75. The van der Waals surface area contributed by atoms with E-state index in [2.05, 4.69) is 35.8 Å². The Morgan fingerprint density at radius 3 is 2.69 bits per heavy atom. The Labute approximate surface area is 105 Å². The van der Waals surface area contributed by atoms with Gasteiger partial charge in [-0.3, -0.25) is 0 Å². The lowest BCUT2D eigenvalue weighted by Crippen LogP contribution is -2.30. The zero-order valence-corrected chi connectivity index (χ0v) is 11.6. The summed E-state index contributed by atoms with van der Waals surface area (Å²) in [4.78, 5) is 2.65. The third-order valence-corrected chi connectivity index (χ3v) is 5.16. The summed E-state index contributed by atoms with van der Waals surface area (Å²) in [5.41, 5.74) is 0.569. The number of nitrogens with one attached hydrogen (secondary N) is 1. The van der Waals surface area contributed by atoms with E-state index in [-0.39, 0.29) is 0 Å². The lowest BCUT2D eigenvalue weighted by molar-refractivity contribution is 0.305. The molecule has 16 heavy (non-hydrogen) atoms. The van der Waals surface area contributed by atoms with Crippen LogP contribution in [0.2, 0.25) is 0 Å². The van der Waals surface area contributed by atoms with Crippen LogP contribution in [-0.2, 0) is 0 Å². The van der Waals surface area contributed by atoms with Crippen molar-refractivity contribution in [3.63, 3.8) is 0 Å². The van der Waals surface area contributed by atoms with Gasteiger partial charge in [-0.05, 0) is 44.3 Å². The molecule has 2 aliphatic heterocycles. The van der Waals surface area contributed by atoms with E-state index in [1.54, 1.807) is 0 Å². The Kier molecular flexibility index (Phi) is 4.57. The average Bonchev–Trinajstić information content (AvgIpc) is 2.60. The summed E-state index contributed by atoms with van der Waals surface area (Å²) in [6.07, 6.45) is 4.12. The fourth-order valence-electron chi connectivity index (χ4n) is 2.73. The molecule has 0 spiro atoms. The molecule has 1 N–H and O–H groups in total. The topological polar surface area (TPSA) is 15.3 Å². The van der Waals surface area contributed by atoms with Gasteiger partial charge >= 0.3 is 0 Å². The lowest BCUT2D eigenvalue weighted by Gasteiger charge is -2.24. The minimum absolute atomic E-state index is 0.569. The van der Waals surface area contributed by atoms with Crippen LogP contribution in [0.15, 0.2) is 0 Å². The van der Waals surface area contributed by atoms with Crippen molar-refractivity contribution < 1.29 is 0 Å². The fraction of sp³-hybridized carbons (Fsp3) is 1.00. The van der Waals surface area contributed by atoms with E-state index < -0.39 is 0 Å². The van der Waals surface area contributed by atoms with E-state index in [0.29, 0.717) is 5.41 Å². The van der Waals surface area contributed by atoms with Crippen molar-refractivity contribution >= 4 is 11.8 Å². The highest BCUT2D eigenvalue weighted by atomic mass is 32.2. The third-order valence-electron chi connectivity index (χ3n) is 3.80. The Hall–Kier alpha value is 0.270. The highest BCUT2D eigenvalue weighted by Crippen LogP contribution is 2.29. The van der Waals surface area contributed by atoms with Crippen LogP contribution < -0.4 is 5.32 Å². The third kappa shape index (κ3) is 3.94. The van der Waals surface area contributed by atoms with Gasteiger partial charge in [0.05, 0.1) is 0 Å². The van der Waals surface area contributed by atoms with Gasteiger partial charge in [-0.15, -0.1) is 0 Å². The monoisotopic (exact) mass is 242 g/mol. The maximum atomic E-state index is 3.43. The summed E-state index contributed by atoms with van der Waals surface area (Å²) >= 11 is 2.20. The Morgan fingerprint density at radius 2 is 2.06 bits per heavy atom. The highest BCUT2D eigenvalue weighted by Gasteiger charge is 2.28. The molecule has 2 aliphatic rings. The maximum absolute atomic E-state index is 3.43. The minimum atomic E-state index is 0.569. The summed E-state index contributed by atoms with van der Waals surface area (Å²) in [6, 6.07) is 0. The molecule has 2 nitrogen and oxygen atoms in total. The van der Waals surface area contributed by atoms with Crippen molar-refractivity contribution in [3.8, 4) is 0 Å². The molecule has 0 aromatic rings. The second-order valence-electron chi connectivity index (χ2n) is 6.01. The molecule has 0 bridgehead atoms. The van der Waals surface area contributed by atoms with Crippen molar-refractivity contribution in [2.24, 2.45) is 5.41 Å². The molecule has 0 amide bonds. The number of rotatable bonds is 4. The summed E-state index contributed by atoms with van der Waals surface area (Å²) in [5, 5.41) is 4.36. The van der Waals surface area contributed by atoms with Gasteiger partial charge in [0.15, 0.2) is 0 Å². The van der Waals surface area contributed by atoms with Crippen LogP contribution in [0.4, 0.5) is 0 Å². The number of likely N-dealkylation sites (tertiary alicyclic amines) is 1. The summed E-state index contributed by atoms with van der Waals surface area (Å²) < 4.78 is 0. The first-order valence-electron chi connectivity index (χ1n) is 6.70. The van der Waals surface area contributed by atoms with Crippen molar-refractivity contribution in [2.75, 3.05) is 38.5 Å². The molecule has 0 aliphatic carbocycles. The zero-order chi connectivity index (χ0) is 11.4. The first kappa shape index (κ1) is 12.7. The van der Waals surface area contributed by atoms with Gasteiger partial charge in [0.1, 0.15) is 0 Å². The van der Waals surface area contributed by atoms with Crippen LogP contribution in [0.3, 0.4) is 0 Å². The summed E-state index contributed by atoms with van der Waals surface area (Å²) in [6.45, 7) is 11.2. The molecule has 2 fully saturated rings. The van der Waals surface area contributed by atoms with E-state index >= 15 is 0 Å². The average molecular weight is 242 g/mol. The standard InChI is InChI=1S/C13H26N2S/c1-13(2)5-8-15(11-13)9-10-16-12-3-6-14-7-4-12/h12,14H,3-11H2,1-2H3.